The zero-order chi connectivity index (χ0) is 20.4. The van der Waals surface area contributed by atoms with Gasteiger partial charge in [-0.15, -0.1) is 0 Å². The molecule has 0 radical (unpaired) electrons. The normalized spacial score (nSPS) is 12.1. The van der Waals surface area contributed by atoms with Gasteiger partial charge in [0.2, 0.25) is 0 Å². The van der Waals surface area contributed by atoms with Gasteiger partial charge >= 0.3 is 0 Å². The van der Waals surface area contributed by atoms with Crippen LogP contribution in [0.5, 0.6) is 0 Å². The van der Waals surface area contributed by atoms with Crippen LogP contribution >= 0.6 is 0 Å². The molecule has 1 unspecified atom stereocenters. The lowest BCUT2D eigenvalue weighted by molar-refractivity contribution is 0.0935. The fourth-order valence-corrected chi connectivity index (χ4v) is 3.37. The number of hydrogen-bond donors (Lipinski definition) is 1. The van der Waals surface area contributed by atoms with E-state index in [1.165, 1.54) is 5.56 Å². The topological polar surface area (TPSA) is 72.7 Å². The molecule has 3 aromatic heterocycles. The molecule has 0 aliphatic carbocycles. The van der Waals surface area contributed by atoms with Crippen molar-refractivity contribution in [2.45, 2.75) is 33.2 Å². The third kappa shape index (κ3) is 3.74. The van der Waals surface area contributed by atoms with E-state index in [9.17, 15) is 4.79 Å². The molecule has 0 saturated carbocycles. The van der Waals surface area contributed by atoms with E-state index in [1.54, 1.807) is 17.1 Å². The van der Waals surface area contributed by atoms with Gasteiger partial charge in [-0.05, 0) is 44.0 Å². The maximum atomic E-state index is 12.9. The van der Waals surface area contributed by atoms with E-state index >= 15 is 0 Å². The number of aryl methyl sites for hydroxylation is 2. The Morgan fingerprint density at radius 3 is 2.59 bits per heavy atom. The SMILES string of the molecule is CCC(NC(=O)c1cnc2c(c1)c(C)nn2-c1ccccn1)c1ccc(C)cc1. The molecule has 0 bridgehead atoms. The van der Waals surface area contributed by atoms with Crippen LogP contribution in [0.2, 0.25) is 0 Å². The smallest absolute Gasteiger partial charge is 0.253 e. The number of hydrogen-bond acceptors (Lipinski definition) is 4. The van der Waals surface area contributed by atoms with E-state index in [-0.39, 0.29) is 11.9 Å². The third-order valence-electron chi connectivity index (χ3n) is 5.03. The molecule has 6 heteroatoms. The quantitative estimate of drug-likeness (QED) is 0.555. The highest BCUT2D eigenvalue weighted by molar-refractivity contribution is 5.97. The number of carbonyl (C=O) groups excluding carboxylic acids is 1. The van der Waals surface area contributed by atoms with Crippen LogP contribution in [0.1, 0.15) is 46.6 Å². The summed E-state index contributed by atoms with van der Waals surface area (Å²) in [6.07, 6.45) is 4.12. The highest BCUT2D eigenvalue weighted by Crippen LogP contribution is 2.22. The lowest BCUT2D eigenvalue weighted by Gasteiger charge is -2.17. The molecule has 4 rings (SSSR count). The van der Waals surface area contributed by atoms with Gasteiger partial charge in [-0.2, -0.15) is 9.78 Å². The number of nitrogens with one attached hydrogen (secondary N) is 1. The molecule has 0 aliphatic rings. The van der Waals surface area contributed by atoms with Crippen molar-refractivity contribution in [2.75, 3.05) is 0 Å². The van der Waals surface area contributed by atoms with Crippen molar-refractivity contribution in [1.82, 2.24) is 25.1 Å². The van der Waals surface area contributed by atoms with Gasteiger partial charge in [-0.1, -0.05) is 42.8 Å². The molecule has 1 atom stereocenters. The number of nitrogens with zero attached hydrogens (tertiary/aromatic N) is 4. The Bertz CT molecular complexity index is 1150. The van der Waals surface area contributed by atoms with Crippen LogP contribution < -0.4 is 5.32 Å². The first-order valence-corrected chi connectivity index (χ1v) is 9.71. The zero-order valence-electron chi connectivity index (χ0n) is 16.8. The average Bonchev–Trinajstić information content (AvgIpc) is 3.09. The van der Waals surface area contributed by atoms with Crippen LogP contribution in [0.4, 0.5) is 0 Å². The molecule has 0 aliphatic heterocycles. The largest absolute Gasteiger partial charge is 0.345 e. The molecular weight excluding hydrogens is 362 g/mol. The molecule has 0 spiro atoms. The standard InChI is InChI=1S/C23H23N5O/c1-4-20(17-10-8-15(2)9-11-17)26-23(29)18-13-19-16(3)27-28(22(19)25-14-18)21-7-5-6-12-24-21/h5-14,20H,4H2,1-3H3,(H,26,29). The van der Waals surface area contributed by atoms with Crippen LogP contribution in [-0.4, -0.2) is 25.7 Å². The van der Waals surface area contributed by atoms with Gasteiger partial charge < -0.3 is 5.32 Å². The molecule has 146 valence electrons. The van der Waals surface area contributed by atoms with Gasteiger partial charge in [-0.25, -0.2) is 9.97 Å². The predicted octanol–water partition coefficient (Wildman–Crippen LogP) is 4.31. The maximum absolute atomic E-state index is 12.9. The summed E-state index contributed by atoms with van der Waals surface area (Å²) in [6.45, 7) is 6.03. The molecule has 1 N–H and O–H groups in total. The van der Waals surface area contributed by atoms with Gasteiger partial charge in [0.1, 0.15) is 0 Å². The van der Waals surface area contributed by atoms with Crippen molar-refractivity contribution >= 4 is 16.9 Å². The van der Waals surface area contributed by atoms with Gasteiger partial charge in [0.05, 0.1) is 17.3 Å². The van der Waals surface area contributed by atoms with Gasteiger partial charge in [0, 0.05) is 17.8 Å². The Morgan fingerprint density at radius 2 is 1.90 bits per heavy atom. The fourth-order valence-electron chi connectivity index (χ4n) is 3.37. The van der Waals surface area contributed by atoms with Gasteiger partial charge in [0.25, 0.3) is 5.91 Å². The second-order valence-electron chi connectivity index (χ2n) is 7.13. The van der Waals surface area contributed by atoms with Crippen molar-refractivity contribution in [3.05, 3.63) is 83.3 Å². The highest BCUT2D eigenvalue weighted by Gasteiger charge is 2.17. The summed E-state index contributed by atoms with van der Waals surface area (Å²) in [5.74, 6) is 0.553. The molecule has 1 amide bonds. The average molecular weight is 385 g/mol. The first kappa shape index (κ1) is 18.8. The van der Waals surface area contributed by atoms with Gasteiger partial charge in [-0.3, -0.25) is 4.79 Å². The van der Waals surface area contributed by atoms with E-state index in [2.05, 4.69) is 58.5 Å². The summed E-state index contributed by atoms with van der Waals surface area (Å²) < 4.78 is 1.70. The van der Waals surface area contributed by atoms with Crippen LogP contribution in [0.25, 0.3) is 16.9 Å². The molecule has 0 saturated heterocycles. The monoisotopic (exact) mass is 385 g/mol. The van der Waals surface area contributed by atoms with Crippen molar-refractivity contribution in [3.63, 3.8) is 0 Å². The number of aromatic nitrogens is 4. The fraction of sp³-hybridized carbons (Fsp3) is 0.217. The second-order valence-corrected chi connectivity index (χ2v) is 7.13. The van der Waals surface area contributed by atoms with E-state index in [4.69, 9.17) is 0 Å². The Hall–Kier alpha value is -3.54. The predicted molar refractivity (Wildman–Crippen MR) is 113 cm³/mol. The Morgan fingerprint density at radius 1 is 1.10 bits per heavy atom. The minimum Gasteiger partial charge on any atom is -0.345 e. The van der Waals surface area contributed by atoms with E-state index in [0.29, 0.717) is 17.0 Å². The lowest BCUT2D eigenvalue weighted by Crippen LogP contribution is -2.28. The number of fused-ring (bicyclic) bond motifs is 1. The highest BCUT2D eigenvalue weighted by atomic mass is 16.1. The van der Waals surface area contributed by atoms with Crippen LogP contribution in [-0.2, 0) is 0 Å². The molecule has 0 fully saturated rings. The minimum atomic E-state index is -0.142. The maximum Gasteiger partial charge on any atom is 0.253 e. The number of benzene rings is 1. The Kier molecular flexibility index (Phi) is 5.08. The zero-order valence-corrected chi connectivity index (χ0v) is 16.8. The summed E-state index contributed by atoms with van der Waals surface area (Å²) >= 11 is 0. The lowest BCUT2D eigenvalue weighted by atomic mass is 10.0. The van der Waals surface area contributed by atoms with E-state index in [1.807, 2.05) is 31.2 Å². The van der Waals surface area contributed by atoms with Crippen LogP contribution in [0.3, 0.4) is 0 Å². The number of pyridine rings is 2. The van der Waals surface area contributed by atoms with Crippen LogP contribution in [0, 0.1) is 13.8 Å². The van der Waals surface area contributed by atoms with Crippen molar-refractivity contribution < 1.29 is 4.79 Å². The van der Waals surface area contributed by atoms with Crippen molar-refractivity contribution in [3.8, 4) is 5.82 Å². The third-order valence-corrected chi connectivity index (χ3v) is 5.03. The van der Waals surface area contributed by atoms with Crippen molar-refractivity contribution in [2.24, 2.45) is 0 Å². The number of carbonyl (C=O) groups is 1. The summed E-state index contributed by atoms with van der Waals surface area (Å²) in [5, 5.41) is 8.52. The molecule has 6 nitrogen and oxygen atoms in total. The first-order valence-electron chi connectivity index (χ1n) is 9.71. The molecule has 29 heavy (non-hydrogen) atoms. The summed E-state index contributed by atoms with van der Waals surface area (Å²) in [4.78, 5) is 21.8. The number of amides is 1. The Balaban J connectivity index is 1.63. The molecular formula is C23H23N5O. The van der Waals surface area contributed by atoms with Crippen molar-refractivity contribution in [1.29, 1.82) is 0 Å². The Labute approximate surface area is 169 Å². The molecule has 1 aromatic carbocycles. The summed E-state index contributed by atoms with van der Waals surface area (Å²) in [5.41, 5.74) is 4.30. The molecule has 4 aromatic rings. The minimum absolute atomic E-state index is 0.0452. The van der Waals surface area contributed by atoms with E-state index in [0.717, 1.165) is 23.1 Å². The summed E-state index contributed by atoms with van der Waals surface area (Å²) in [7, 11) is 0. The van der Waals surface area contributed by atoms with Gasteiger partial charge in [0.15, 0.2) is 11.5 Å². The van der Waals surface area contributed by atoms with E-state index < -0.39 is 0 Å². The molecule has 3 heterocycles. The second kappa shape index (κ2) is 7.83. The number of rotatable bonds is 5. The summed E-state index contributed by atoms with van der Waals surface area (Å²) in [6, 6.07) is 15.7. The van der Waals surface area contributed by atoms with Crippen LogP contribution in [0.15, 0.2) is 60.9 Å². The first-order chi connectivity index (χ1) is 14.1.